The minimum absolute atomic E-state index is 0.737. The van der Waals surface area contributed by atoms with Gasteiger partial charge in [0.15, 0.2) is 0 Å². The molecule has 0 atom stereocenters. The van der Waals surface area contributed by atoms with Crippen LogP contribution in [0.2, 0.25) is 0 Å². The van der Waals surface area contributed by atoms with E-state index >= 15 is 0 Å². The predicted molar refractivity (Wildman–Crippen MR) is 90.1 cm³/mol. The molecule has 3 fully saturated rings. The molecule has 0 bridgehead atoms. The summed E-state index contributed by atoms with van der Waals surface area (Å²) in [5, 5.41) is 0. The van der Waals surface area contributed by atoms with Gasteiger partial charge >= 0.3 is 0 Å². The lowest BCUT2D eigenvalue weighted by atomic mass is 9.51. The van der Waals surface area contributed by atoms with Crippen molar-refractivity contribution in [2.45, 2.75) is 64.7 Å². The lowest BCUT2D eigenvalue weighted by molar-refractivity contribution is 0.00879. The summed E-state index contributed by atoms with van der Waals surface area (Å²) in [5.74, 6) is 3.37. The highest BCUT2D eigenvalue weighted by molar-refractivity contribution is 5.32. The second-order valence-corrected chi connectivity index (χ2v) is 8.34. The Bertz CT molecular complexity index is 502. The SMILES string of the molecule is CC(C)C1CCN(c2ncc(C3CC4(CCC4)C3)cn2)CC1. The zero-order chi connectivity index (χ0) is 15.2. The van der Waals surface area contributed by atoms with E-state index < -0.39 is 0 Å². The molecule has 4 rings (SSSR count). The van der Waals surface area contributed by atoms with Crippen LogP contribution in [-0.2, 0) is 0 Å². The Morgan fingerprint density at radius 3 is 2.23 bits per heavy atom. The molecular formula is C19H29N3. The number of anilines is 1. The van der Waals surface area contributed by atoms with Gasteiger partial charge in [-0.25, -0.2) is 9.97 Å². The highest BCUT2D eigenvalue weighted by atomic mass is 15.2. The molecule has 1 spiro atoms. The minimum atomic E-state index is 0.737. The third kappa shape index (κ3) is 2.53. The maximum absolute atomic E-state index is 4.68. The van der Waals surface area contributed by atoms with Crippen molar-refractivity contribution in [3.63, 3.8) is 0 Å². The van der Waals surface area contributed by atoms with Crippen molar-refractivity contribution in [1.29, 1.82) is 0 Å². The molecule has 22 heavy (non-hydrogen) atoms. The van der Waals surface area contributed by atoms with E-state index in [0.717, 1.165) is 42.2 Å². The van der Waals surface area contributed by atoms with Gasteiger partial charge in [0.1, 0.15) is 0 Å². The van der Waals surface area contributed by atoms with Gasteiger partial charge in [-0.2, -0.15) is 0 Å². The summed E-state index contributed by atoms with van der Waals surface area (Å²) in [7, 11) is 0. The van der Waals surface area contributed by atoms with E-state index in [1.807, 2.05) is 0 Å². The average Bonchev–Trinajstić information content (AvgIpc) is 2.45. The first-order valence-corrected chi connectivity index (χ1v) is 9.22. The summed E-state index contributed by atoms with van der Waals surface area (Å²) in [6.45, 7) is 6.93. The van der Waals surface area contributed by atoms with Gasteiger partial charge in [-0.05, 0) is 67.3 Å². The number of hydrogen-bond acceptors (Lipinski definition) is 3. The van der Waals surface area contributed by atoms with Crippen molar-refractivity contribution in [1.82, 2.24) is 9.97 Å². The van der Waals surface area contributed by atoms with E-state index in [0.29, 0.717) is 0 Å². The van der Waals surface area contributed by atoms with Gasteiger partial charge in [0, 0.05) is 25.5 Å². The van der Waals surface area contributed by atoms with E-state index in [2.05, 4.69) is 41.1 Å². The van der Waals surface area contributed by atoms with Crippen LogP contribution >= 0.6 is 0 Å². The molecule has 3 nitrogen and oxygen atoms in total. The molecule has 0 aromatic carbocycles. The van der Waals surface area contributed by atoms with Crippen molar-refractivity contribution < 1.29 is 0 Å². The van der Waals surface area contributed by atoms with Crippen LogP contribution in [0, 0.1) is 17.3 Å². The predicted octanol–water partition coefficient (Wildman–Crippen LogP) is 4.40. The molecule has 3 heteroatoms. The van der Waals surface area contributed by atoms with Crippen LogP contribution < -0.4 is 4.90 Å². The van der Waals surface area contributed by atoms with E-state index in [4.69, 9.17) is 0 Å². The van der Waals surface area contributed by atoms with Crippen LogP contribution in [0.25, 0.3) is 0 Å². The van der Waals surface area contributed by atoms with Crippen molar-refractivity contribution in [3.8, 4) is 0 Å². The smallest absolute Gasteiger partial charge is 0.225 e. The van der Waals surface area contributed by atoms with Crippen LogP contribution in [0.1, 0.15) is 70.3 Å². The Morgan fingerprint density at radius 2 is 1.73 bits per heavy atom. The second kappa shape index (κ2) is 5.50. The molecule has 1 saturated heterocycles. The summed E-state index contributed by atoms with van der Waals surface area (Å²) in [5.41, 5.74) is 2.11. The van der Waals surface area contributed by atoms with Gasteiger partial charge in [0.2, 0.25) is 5.95 Å². The van der Waals surface area contributed by atoms with Crippen molar-refractivity contribution >= 4 is 5.95 Å². The molecule has 1 aliphatic heterocycles. The van der Waals surface area contributed by atoms with Crippen LogP contribution in [0.15, 0.2) is 12.4 Å². The van der Waals surface area contributed by atoms with Gasteiger partial charge in [-0.3, -0.25) is 0 Å². The third-order valence-corrected chi connectivity index (χ3v) is 6.67. The Hall–Kier alpha value is -1.12. The molecule has 2 saturated carbocycles. The molecule has 0 amide bonds. The summed E-state index contributed by atoms with van der Waals surface area (Å²) in [4.78, 5) is 11.7. The minimum Gasteiger partial charge on any atom is -0.341 e. The fourth-order valence-corrected chi connectivity index (χ4v) is 4.78. The lowest BCUT2D eigenvalue weighted by Crippen LogP contribution is -2.41. The summed E-state index contributed by atoms with van der Waals surface area (Å²) in [6, 6.07) is 0. The molecule has 2 aliphatic carbocycles. The molecule has 0 unspecified atom stereocenters. The van der Waals surface area contributed by atoms with Gasteiger partial charge in [0.25, 0.3) is 0 Å². The first-order chi connectivity index (χ1) is 10.7. The zero-order valence-electron chi connectivity index (χ0n) is 14.1. The Labute approximate surface area is 134 Å². The number of rotatable bonds is 3. The van der Waals surface area contributed by atoms with Gasteiger partial charge < -0.3 is 4.90 Å². The quantitative estimate of drug-likeness (QED) is 0.828. The summed E-state index contributed by atoms with van der Waals surface area (Å²) < 4.78 is 0. The molecular weight excluding hydrogens is 270 g/mol. The number of hydrogen-bond donors (Lipinski definition) is 0. The summed E-state index contributed by atoms with van der Waals surface area (Å²) in [6.07, 6.45) is 13.9. The molecule has 0 radical (unpaired) electrons. The van der Waals surface area contributed by atoms with Gasteiger partial charge in [-0.1, -0.05) is 20.3 Å². The Kier molecular flexibility index (Phi) is 3.62. The lowest BCUT2D eigenvalue weighted by Gasteiger charge is -2.54. The van der Waals surface area contributed by atoms with Crippen LogP contribution in [0.3, 0.4) is 0 Å². The van der Waals surface area contributed by atoms with Crippen LogP contribution in [-0.4, -0.2) is 23.1 Å². The fraction of sp³-hybridized carbons (Fsp3) is 0.789. The van der Waals surface area contributed by atoms with Crippen LogP contribution in [0.4, 0.5) is 5.95 Å². The topological polar surface area (TPSA) is 29.0 Å². The number of nitrogens with zero attached hydrogens (tertiary/aromatic N) is 3. The molecule has 0 N–H and O–H groups in total. The first-order valence-electron chi connectivity index (χ1n) is 9.22. The second-order valence-electron chi connectivity index (χ2n) is 8.34. The van der Waals surface area contributed by atoms with E-state index in [1.54, 1.807) is 0 Å². The fourth-order valence-electron chi connectivity index (χ4n) is 4.78. The standard InChI is InChI=1S/C19H29N3/c1-14(2)15-4-8-22(9-5-15)18-20-12-17(13-21-18)16-10-19(11-16)6-3-7-19/h12-16H,3-11H2,1-2H3. The average molecular weight is 299 g/mol. The van der Waals surface area contributed by atoms with Crippen molar-refractivity contribution in [2.24, 2.45) is 17.3 Å². The first kappa shape index (κ1) is 14.5. The Balaban J connectivity index is 1.34. The van der Waals surface area contributed by atoms with Crippen molar-refractivity contribution in [2.75, 3.05) is 18.0 Å². The van der Waals surface area contributed by atoms with Gasteiger partial charge in [0.05, 0.1) is 0 Å². The zero-order valence-corrected chi connectivity index (χ0v) is 14.1. The monoisotopic (exact) mass is 299 g/mol. The largest absolute Gasteiger partial charge is 0.341 e. The highest BCUT2D eigenvalue weighted by Crippen LogP contribution is 2.61. The normalized spacial score (nSPS) is 25.3. The maximum atomic E-state index is 4.68. The maximum Gasteiger partial charge on any atom is 0.225 e. The number of piperidine rings is 1. The molecule has 1 aromatic heterocycles. The molecule has 2 heterocycles. The number of aromatic nitrogens is 2. The van der Waals surface area contributed by atoms with Crippen molar-refractivity contribution in [3.05, 3.63) is 18.0 Å². The summed E-state index contributed by atoms with van der Waals surface area (Å²) >= 11 is 0. The molecule has 3 aliphatic rings. The van der Waals surface area contributed by atoms with E-state index in [1.165, 1.54) is 50.5 Å². The third-order valence-electron chi connectivity index (χ3n) is 6.67. The molecule has 120 valence electrons. The molecule has 1 aromatic rings. The van der Waals surface area contributed by atoms with E-state index in [9.17, 15) is 0 Å². The van der Waals surface area contributed by atoms with Crippen LogP contribution in [0.5, 0.6) is 0 Å². The highest BCUT2D eigenvalue weighted by Gasteiger charge is 2.48. The Morgan fingerprint density at radius 1 is 1.09 bits per heavy atom. The van der Waals surface area contributed by atoms with E-state index in [-0.39, 0.29) is 0 Å². The van der Waals surface area contributed by atoms with Gasteiger partial charge in [-0.15, -0.1) is 0 Å².